The summed E-state index contributed by atoms with van der Waals surface area (Å²) in [4.78, 5) is 23.2. The highest BCUT2D eigenvalue weighted by molar-refractivity contribution is 5.95. The number of aliphatic carboxylic acids is 1. The van der Waals surface area contributed by atoms with Crippen LogP contribution >= 0.6 is 0 Å². The highest BCUT2D eigenvalue weighted by Crippen LogP contribution is 2.33. The van der Waals surface area contributed by atoms with Gasteiger partial charge in [0.05, 0.1) is 18.5 Å². The van der Waals surface area contributed by atoms with E-state index in [0.29, 0.717) is 5.82 Å². The van der Waals surface area contributed by atoms with Crippen molar-refractivity contribution in [1.29, 1.82) is 0 Å². The van der Waals surface area contributed by atoms with Crippen LogP contribution in [0.3, 0.4) is 0 Å². The van der Waals surface area contributed by atoms with Gasteiger partial charge in [-0.15, -0.1) is 0 Å². The third-order valence-electron chi connectivity index (χ3n) is 4.49. The number of nitrogens with zero attached hydrogens (tertiary/aromatic N) is 2. The minimum absolute atomic E-state index is 0.0459. The molecule has 1 heterocycles. The highest BCUT2D eigenvalue weighted by atomic mass is 16.5. The van der Waals surface area contributed by atoms with Gasteiger partial charge in [-0.05, 0) is 43.2 Å². The van der Waals surface area contributed by atoms with Gasteiger partial charge in [0.1, 0.15) is 11.6 Å². The molecule has 0 unspecified atom stereocenters. The molecule has 1 aromatic heterocycles. The normalized spacial score (nSPS) is 10.6. The van der Waals surface area contributed by atoms with E-state index in [1.54, 1.807) is 11.8 Å². The van der Waals surface area contributed by atoms with Crippen LogP contribution in [0.4, 0.5) is 5.82 Å². The van der Waals surface area contributed by atoms with E-state index in [0.717, 1.165) is 28.3 Å². The summed E-state index contributed by atoms with van der Waals surface area (Å²) in [5.41, 5.74) is 3.31. The number of nitrogens with one attached hydrogen (secondary N) is 1. The molecule has 0 fully saturated rings. The van der Waals surface area contributed by atoms with Crippen LogP contribution in [0, 0.1) is 6.92 Å². The Balaban J connectivity index is 1.99. The second kappa shape index (κ2) is 9.05. The maximum atomic E-state index is 12.5. The number of anilines is 1. The summed E-state index contributed by atoms with van der Waals surface area (Å²) < 4.78 is 6.90. The van der Waals surface area contributed by atoms with Crippen molar-refractivity contribution in [2.24, 2.45) is 0 Å². The molecule has 7 nitrogen and oxygen atoms in total. The molecule has 0 atom stereocenters. The van der Waals surface area contributed by atoms with E-state index in [1.165, 1.54) is 0 Å². The Labute approximate surface area is 168 Å². The largest absolute Gasteiger partial charge is 0.497 e. The second-order valence-electron chi connectivity index (χ2n) is 6.58. The van der Waals surface area contributed by atoms with Crippen molar-refractivity contribution in [3.05, 3.63) is 60.3 Å². The van der Waals surface area contributed by atoms with Gasteiger partial charge in [0.25, 0.3) is 0 Å². The number of carboxylic acids is 1. The molecule has 0 aliphatic carbocycles. The molecule has 0 aliphatic heterocycles. The summed E-state index contributed by atoms with van der Waals surface area (Å²) in [7, 11) is 1.60. The van der Waals surface area contributed by atoms with E-state index in [-0.39, 0.29) is 25.2 Å². The molecule has 29 heavy (non-hydrogen) atoms. The first-order valence-corrected chi connectivity index (χ1v) is 9.30. The molecule has 0 aliphatic rings. The minimum Gasteiger partial charge on any atom is -0.497 e. The van der Waals surface area contributed by atoms with Crippen molar-refractivity contribution < 1.29 is 19.4 Å². The average Bonchev–Trinajstić information content (AvgIpc) is 3.04. The predicted octanol–water partition coefficient (Wildman–Crippen LogP) is 4.05. The highest BCUT2D eigenvalue weighted by Gasteiger charge is 2.20. The lowest BCUT2D eigenvalue weighted by molar-refractivity contribution is -0.137. The maximum Gasteiger partial charge on any atom is 0.303 e. The van der Waals surface area contributed by atoms with E-state index >= 15 is 0 Å². The van der Waals surface area contributed by atoms with E-state index in [2.05, 4.69) is 10.4 Å². The average molecular weight is 393 g/mol. The number of methoxy groups -OCH3 is 1. The smallest absolute Gasteiger partial charge is 0.303 e. The van der Waals surface area contributed by atoms with Gasteiger partial charge in [0, 0.05) is 18.4 Å². The molecule has 0 saturated carbocycles. The molecule has 0 saturated heterocycles. The van der Waals surface area contributed by atoms with Crippen molar-refractivity contribution in [3.8, 4) is 22.6 Å². The van der Waals surface area contributed by atoms with Crippen LogP contribution in [0.1, 0.15) is 25.0 Å². The molecular formula is C22H23N3O4. The minimum atomic E-state index is -0.915. The van der Waals surface area contributed by atoms with Crippen molar-refractivity contribution in [3.63, 3.8) is 0 Å². The Morgan fingerprint density at radius 2 is 1.76 bits per heavy atom. The molecule has 150 valence electrons. The van der Waals surface area contributed by atoms with E-state index in [4.69, 9.17) is 9.84 Å². The number of aromatic nitrogens is 2. The first-order valence-electron chi connectivity index (χ1n) is 9.30. The Bertz CT molecular complexity index is 995. The summed E-state index contributed by atoms with van der Waals surface area (Å²) in [6.07, 6.45) is 0.348. The molecular weight excluding hydrogens is 370 g/mol. The third-order valence-corrected chi connectivity index (χ3v) is 4.49. The summed E-state index contributed by atoms with van der Waals surface area (Å²) in [5, 5.41) is 16.4. The molecule has 2 N–H and O–H groups in total. The number of carbonyl (C=O) groups excluding carboxylic acids is 1. The summed E-state index contributed by atoms with van der Waals surface area (Å²) in [6, 6.07) is 17.1. The number of hydrogen-bond acceptors (Lipinski definition) is 4. The predicted molar refractivity (Wildman–Crippen MR) is 110 cm³/mol. The monoisotopic (exact) mass is 393 g/mol. The molecule has 7 heteroatoms. The van der Waals surface area contributed by atoms with Gasteiger partial charge in [-0.25, -0.2) is 4.68 Å². The molecule has 0 spiro atoms. The second-order valence-corrected chi connectivity index (χ2v) is 6.58. The number of ether oxygens (including phenoxy) is 1. The van der Waals surface area contributed by atoms with Gasteiger partial charge in [0.15, 0.2) is 0 Å². The van der Waals surface area contributed by atoms with E-state index < -0.39 is 5.97 Å². The Morgan fingerprint density at radius 1 is 1.07 bits per heavy atom. The molecule has 0 bridgehead atoms. The Morgan fingerprint density at radius 3 is 2.38 bits per heavy atom. The fourth-order valence-corrected chi connectivity index (χ4v) is 3.10. The van der Waals surface area contributed by atoms with Crippen molar-refractivity contribution in [2.75, 3.05) is 12.4 Å². The van der Waals surface area contributed by atoms with Gasteiger partial charge in [-0.1, -0.05) is 30.3 Å². The lowest BCUT2D eigenvalue weighted by atomic mass is 10.1. The summed E-state index contributed by atoms with van der Waals surface area (Å²) >= 11 is 0. The van der Waals surface area contributed by atoms with Crippen molar-refractivity contribution in [1.82, 2.24) is 9.78 Å². The molecule has 3 rings (SSSR count). The molecule has 2 aromatic carbocycles. The first kappa shape index (κ1) is 20.1. The lowest BCUT2D eigenvalue weighted by Crippen LogP contribution is -2.15. The maximum absolute atomic E-state index is 12.5. The van der Waals surface area contributed by atoms with Gasteiger partial charge in [-0.2, -0.15) is 5.10 Å². The van der Waals surface area contributed by atoms with Gasteiger partial charge >= 0.3 is 5.97 Å². The number of aryl methyl sites for hydroxylation is 1. The first-order chi connectivity index (χ1) is 14.0. The summed E-state index contributed by atoms with van der Waals surface area (Å²) in [6.45, 7) is 1.89. The van der Waals surface area contributed by atoms with Crippen LogP contribution in [-0.4, -0.2) is 33.9 Å². The SMILES string of the molecule is COc1ccc(-n2nc(C)c(-c3ccccc3)c2NC(=O)CCCC(=O)O)cc1. The van der Waals surface area contributed by atoms with Crippen LogP contribution in [0.25, 0.3) is 16.8 Å². The number of rotatable bonds is 8. The number of carboxylic acid groups (broad SMARTS) is 1. The Hall–Kier alpha value is -3.61. The zero-order valence-electron chi connectivity index (χ0n) is 16.4. The van der Waals surface area contributed by atoms with E-state index in [1.807, 2.05) is 61.5 Å². The Kier molecular flexibility index (Phi) is 6.29. The number of benzene rings is 2. The quantitative estimate of drug-likeness (QED) is 0.602. The summed E-state index contributed by atoms with van der Waals surface area (Å²) in [5.74, 6) is 0.111. The van der Waals surface area contributed by atoms with Crippen molar-refractivity contribution in [2.45, 2.75) is 26.2 Å². The fourth-order valence-electron chi connectivity index (χ4n) is 3.10. The van der Waals surface area contributed by atoms with Crippen LogP contribution in [-0.2, 0) is 9.59 Å². The van der Waals surface area contributed by atoms with Crippen LogP contribution in [0.5, 0.6) is 5.75 Å². The number of hydrogen-bond donors (Lipinski definition) is 2. The number of amides is 1. The molecule has 3 aromatic rings. The zero-order valence-corrected chi connectivity index (χ0v) is 16.4. The molecule has 0 radical (unpaired) electrons. The van der Waals surface area contributed by atoms with Gasteiger partial charge < -0.3 is 15.2 Å². The standard InChI is InChI=1S/C22H23N3O4/c1-15-21(16-7-4-3-5-8-16)22(23-19(26)9-6-10-20(27)28)25(24-15)17-11-13-18(29-2)14-12-17/h3-5,7-8,11-14H,6,9-10H2,1-2H3,(H,23,26)(H,27,28). The van der Waals surface area contributed by atoms with Crippen LogP contribution in [0.15, 0.2) is 54.6 Å². The lowest BCUT2D eigenvalue weighted by Gasteiger charge is -2.12. The van der Waals surface area contributed by atoms with Crippen molar-refractivity contribution >= 4 is 17.7 Å². The number of carbonyl (C=O) groups is 2. The molecule has 1 amide bonds. The van der Waals surface area contributed by atoms with Crippen LogP contribution < -0.4 is 10.1 Å². The zero-order chi connectivity index (χ0) is 20.8. The van der Waals surface area contributed by atoms with E-state index in [9.17, 15) is 9.59 Å². The third kappa shape index (κ3) is 4.82. The topological polar surface area (TPSA) is 93.5 Å². The van der Waals surface area contributed by atoms with Gasteiger partial charge in [0.2, 0.25) is 5.91 Å². The van der Waals surface area contributed by atoms with Gasteiger partial charge in [-0.3, -0.25) is 9.59 Å². The van der Waals surface area contributed by atoms with Crippen LogP contribution in [0.2, 0.25) is 0 Å². The fraction of sp³-hybridized carbons (Fsp3) is 0.227.